The van der Waals surface area contributed by atoms with Crippen LogP contribution in [0.3, 0.4) is 0 Å². The summed E-state index contributed by atoms with van der Waals surface area (Å²) in [5.74, 6) is 2.92. The molecule has 1 heterocycles. The van der Waals surface area contributed by atoms with Crippen LogP contribution in [0.4, 0.5) is 0 Å². The van der Waals surface area contributed by atoms with Crippen LogP contribution >= 0.6 is 0 Å². The number of hydrogen-bond donors (Lipinski definition) is 0. The van der Waals surface area contributed by atoms with Crippen molar-refractivity contribution >= 4 is 0 Å². The summed E-state index contributed by atoms with van der Waals surface area (Å²) in [6.45, 7) is 13.0. The maximum atomic E-state index is 5.66. The van der Waals surface area contributed by atoms with Gasteiger partial charge < -0.3 is 4.42 Å². The molecule has 0 aliphatic rings. The first kappa shape index (κ1) is 13.2. The van der Waals surface area contributed by atoms with E-state index >= 15 is 0 Å². The minimum absolute atomic E-state index is 0.0467. The maximum Gasteiger partial charge on any atom is 0.221 e. The minimum Gasteiger partial charge on any atom is -0.425 e. The summed E-state index contributed by atoms with van der Waals surface area (Å²) >= 11 is 0. The number of aryl methyl sites for hydroxylation is 1. The fourth-order valence-corrected chi connectivity index (χ4v) is 1.34. The summed E-state index contributed by atoms with van der Waals surface area (Å²) in [5.41, 5.74) is -0.0467. The smallest absolute Gasteiger partial charge is 0.221 e. The number of nitrogens with zero attached hydrogens (tertiary/aromatic N) is 2. The highest BCUT2D eigenvalue weighted by Gasteiger charge is 2.21. The van der Waals surface area contributed by atoms with Gasteiger partial charge in [0.05, 0.1) is 0 Å². The normalized spacial score (nSPS) is 14.4. The Morgan fingerprint density at radius 3 is 2.19 bits per heavy atom. The predicted octanol–water partition coefficient (Wildman–Crippen LogP) is 3.59. The van der Waals surface area contributed by atoms with Crippen molar-refractivity contribution in [3.8, 4) is 0 Å². The zero-order chi connectivity index (χ0) is 12.3. The van der Waals surface area contributed by atoms with E-state index in [0.29, 0.717) is 11.8 Å². The van der Waals surface area contributed by atoms with E-state index in [1.807, 2.05) is 0 Å². The summed E-state index contributed by atoms with van der Waals surface area (Å²) in [6, 6.07) is 0. The average molecular weight is 224 g/mol. The Morgan fingerprint density at radius 1 is 1.12 bits per heavy atom. The van der Waals surface area contributed by atoms with E-state index in [9.17, 15) is 0 Å². The van der Waals surface area contributed by atoms with Crippen LogP contribution in [0.5, 0.6) is 0 Å². The maximum absolute atomic E-state index is 5.66. The monoisotopic (exact) mass is 224 g/mol. The van der Waals surface area contributed by atoms with E-state index in [-0.39, 0.29) is 5.41 Å². The molecule has 0 radical (unpaired) electrons. The van der Waals surface area contributed by atoms with Gasteiger partial charge in [0.25, 0.3) is 0 Å². The number of aromatic nitrogens is 2. The Morgan fingerprint density at radius 2 is 1.75 bits per heavy atom. The first-order valence-electron chi connectivity index (χ1n) is 6.13. The molecule has 0 N–H and O–H groups in total. The van der Waals surface area contributed by atoms with Crippen LogP contribution in [0, 0.1) is 11.8 Å². The van der Waals surface area contributed by atoms with Crippen molar-refractivity contribution in [2.24, 2.45) is 11.8 Å². The van der Waals surface area contributed by atoms with Gasteiger partial charge in [0.1, 0.15) is 0 Å². The third-order valence-electron chi connectivity index (χ3n) is 3.06. The zero-order valence-corrected chi connectivity index (χ0v) is 11.4. The summed E-state index contributed by atoms with van der Waals surface area (Å²) in [5, 5.41) is 8.19. The van der Waals surface area contributed by atoms with Crippen LogP contribution in [0.15, 0.2) is 4.42 Å². The highest BCUT2D eigenvalue weighted by atomic mass is 16.4. The van der Waals surface area contributed by atoms with Crippen LogP contribution in [0.1, 0.15) is 59.7 Å². The molecular formula is C13H24N2O. The summed E-state index contributed by atoms with van der Waals surface area (Å²) in [6.07, 6.45) is 2.01. The molecule has 3 heteroatoms. The molecule has 0 saturated heterocycles. The van der Waals surface area contributed by atoms with E-state index in [2.05, 4.69) is 51.7 Å². The lowest BCUT2D eigenvalue weighted by molar-refractivity contribution is 0.344. The van der Waals surface area contributed by atoms with E-state index in [1.54, 1.807) is 0 Å². The second kappa shape index (κ2) is 4.98. The molecular weight excluding hydrogens is 200 g/mol. The Hall–Kier alpha value is -0.860. The second-order valence-corrected chi connectivity index (χ2v) is 6.01. The molecule has 3 nitrogen and oxygen atoms in total. The number of hydrogen-bond acceptors (Lipinski definition) is 3. The Balaban J connectivity index is 2.53. The Bertz CT molecular complexity index is 323. The van der Waals surface area contributed by atoms with Gasteiger partial charge in [-0.05, 0) is 18.3 Å². The van der Waals surface area contributed by atoms with Gasteiger partial charge in [-0.1, -0.05) is 41.5 Å². The van der Waals surface area contributed by atoms with Gasteiger partial charge >= 0.3 is 0 Å². The molecule has 1 rings (SSSR count). The first-order chi connectivity index (χ1) is 7.30. The topological polar surface area (TPSA) is 38.9 Å². The van der Waals surface area contributed by atoms with Crippen molar-refractivity contribution in [3.63, 3.8) is 0 Å². The summed E-state index contributed by atoms with van der Waals surface area (Å²) in [7, 11) is 0. The minimum atomic E-state index is -0.0467. The summed E-state index contributed by atoms with van der Waals surface area (Å²) < 4.78 is 5.66. The molecule has 1 unspecified atom stereocenters. The average Bonchev–Trinajstić information content (AvgIpc) is 2.61. The Labute approximate surface area is 98.6 Å². The summed E-state index contributed by atoms with van der Waals surface area (Å²) in [4.78, 5) is 0. The van der Waals surface area contributed by atoms with Crippen molar-refractivity contribution < 1.29 is 4.42 Å². The number of rotatable bonds is 4. The molecule has 0 amide bonds. The van der Waals surface area contributed by atoms with Gasteiger partial charge in [-0.15, -0.1) is 10.2 Å². The van der Waals surface area contributed by atoms with Gasteiger partial charge in [-0.25, -0.2) is 0 Å². The van der Waals surface area contributed by atoms with Crippen molar-refractivity contribution in [2.45, 2.75) is 59.8 Å². The molecule has 0 spiro atoms. The van der Waals surface area contributed by atoms with Gasteiger partial charge in [0, 0.05) is 11.8 Å². The van der Waals surface area contributed by atoms with Crippen LogP contribution < -0.4 is 0 Å². The van der Waals surface area contributed by atoms with Crippen LogP contribution in [-0.4, -0.2) is 10.2 Å². The van der Waals surface area contributed by atoms with E-state index in [1.165, 1.54) is 0 Å². The standard InChI is InChI=1S/C13H24N2O/c1-9(2)10(3)7-8-11-14-15-12(16-11)13(4,5)6/h9-10H,7-8H2,1-6H3. The van der Waals surface area contributed by atoms with E-state index in [0.717, 1.165) is 24.6 Å². The second-order valence-electron chi connectivity index (χ2n) is 6.01. The van der Waals surface area contributed by atoms with Gasteiger partial charge in [-0.3, -0.25) is 0 Å². The molecule has 0 aliphatic carbocycles. The third-order valence-corrected chi connectivity index (χ3v) is 3.06. The van der Waals surface area contributed by atoms with Gasteiger partial charge in [0.2, 0.25) is 11.8 Å². The fourth-order valence-electron chi connectivity index (χ4n) is 1.34. The van der Waals surface area contributed by atoms with Crippen molar-refractivity contribution in [3.05, 3.63) is 11.8 Å². The molecule has 16 heavy (non-hydrogen) atoms. The van der Waals surface area contributed by atoms with Crippen LogP contribution in [-0.2, 0) is 11.8 Å². The van der Waals surface area contributed by atoms with E-state index in [4.69, 9.17) is 4.42 Å². The van der Waals surface area contributed by atoms with Crippen LogP contribution in [0.2, 0.25) is 0 Å². The lowest BCUT2D eigenvalue weighted by Gasteiger charge is -2.13. The van der Waals surface area contributed by atoms with Gasteiger partial charge in [0.15, 0.2) is 0 Å². The molecule has 0 fully saturated rings. The molecule has 1 aromatic heterocycles. The van der Waals surface area contributed by atoms with Gasteiger partial charge in [-0.2, -0.15) is 0 Å². The molecule has 1 atom stereocenters. The highest BCUT2D eigenvalue weighted by Crippen LogP contribution is 2.22. The molecule has 92 valence electrons. The Kier molecular flexibility index (Phi) is 4.11. The van der Waals surface area contributed by atoms with Crippen molar-refractivity contribution in [1.82, 2.24) is 10.2 Å². The molecule has 0 saturated carbocycles. The zero-order valence-electron chi connectivity index (χ0n) is 11.4. The molecule has 1 aromatic rings. The highest BCUT2D eigenvalue weighted by molar-refractivity contribution is 4.96. The molecule has 0 bridgehead atoms. The van der Waals surface area contributed by atoms with Crippen molar-refractivity contribution in [1.29, 1.82) is 0 Å². The fraction of sp³-hybridized carbons (Fsp3) is 0.846. The molecule has 0 aliphatic heterocycles. The van der Waals surface area contributed by atoms with Crippen molar-refractivity contribution in [2.75, 3.05) is 0 Å². The lowest BCUT2D eigenvalue weighted by Crippen LogP contribution is -2.11. The quantitative estimate of drug-likeness (QED) is 0.784. The van der Waals surface area contributed by atoms with Crippen LogP contribution in [0.25, 0.3) is 0 Å². The predicted molar refractivity (Wildman–Crippen MR) is 65.3 cm³/mol. The first-order valence-corrected chi connectivity index (χ1v) is 6.13. The van der Waals surface area contributed by atoms with E-state index < -0.39 is 0 Å². The third kappa shape index (κ3) is 3.62. The lowest BCUT2D eigenvalue weighted by atomic mass is 9.93. The SMILES string of the molecule is CC(C)C(C)CCc1nnc(C(C)(C)C)o1. The largest absolute Gasteiger partial charge is 0.425 e. The molecule has 0 aromatic carbocycles.